The van der Waals surface area contributed by atoms with E-state index in [0.717, 1.165) is 11.3 Å². The fourth-order valence-electron chi connectivity index (χ4n) is 2.76. The molecule has 0 spiro atoms. The van der Waals surface area contributed by atoms with E-state index in [1.54, 1.807) is 18.2 Å². The molecule has 2 atom stereocenters. The average Bonchev–Trinajstić information content (AvgIpc) is 2.90. The summed E-state index contributed by atoms with van der Waals surface area (Å²) in [7, 11) is 0. The van der Waals surface area contributed by atoms with E-state index in [-0.39, 0.29) is 30.5 Å². The molecule has 0 radical (unpaired) electrons. The quantitative estimate of drug-likeness (QED) is 0.915. The number of aromatic amines is 1. The number of carbonyl (C=O) groups excluding carboxylic acids is 1. The summed E-state index contributed by atoms with van der Waals surface area (Å²) in [4.78, 5) is 12.3. The molecule has 2 aromatic rings. The van der Waals surface area contributed by atoms with Crippen LogP contribution in [0.15, 0.2) is 24.3 Å². The number of H-pyrrole nitrogens is 1. The number of nitrogens with one attached hydrogen (secondary N) is 2. The summed E-state index contributed by atoms with van der Waals surface area (Å²) in [5.74, 6) is -0.635. The second-order valence-electron chi connectivity index (χ2n) is 5.53. The number of hydrogen-bond acceptors (Lipinski definition) is 3. The number of halogens is 1. The standard InChI is InChI=1S/C16H18FN3O2/c1-9-7-12-14(10(2)22-9)19-20-15(12)16(21)18-8-11-5-3-4-6-13(11)17/h3-6,9-10H,7-8H2,1-2H3,(H,18,21)(H,19,20)/t9-,10+/m1/s1. The smallest absolute Gasteiger partial charge is 0.272 e. The lowest BCUT2D eigenvalue weighted by Crippen LogP contribution is -2.27. The molecule has 0 saturated carbocycles. The maximum absolute atomic E-state index is 13.6. The largest absolute Gasteiger partial charge is 0.369 e. The van der Waals surface area contributed by atoms with Crippen molar-refractivity contribution in [3.8, 4) is 0 Å². The Morgan fingerprint density at radius 1 is 1.45 bits per heavy atom. The van der Waals surface area contributed by atoms with Gasteiger partial charge >= 0.3 is 0 Å². The highest BCUT2D eigenvalue weighted by Gasteiger charge is 2.29. The predicted octanol–water partition coefficient (Wildman–Crippen LogP) is 2.50. The van der Waals surface area contributed by atoms with Gasteiger partial charge in [0.15, 0.2) is 5.69 Å². The Hall–Kier alpha value is -2.21. The summed E-state index contributed by atoms with van der Waals surface area (Å²) in [6.07, 6.45) is 0.566. The van der Waals surface area contributed by atoms with Gasteiger partial charge in [-0.15, -0.1) is 0 Å². The van der Waals surface area contributed by atoms with Gasteiger partial charge in [0.1, 0.15) is 5.82 Å². The van der Waals surface area contributed by atoms with E-state index in [0.29, 0.717) is 17.7 Å². The van der Waals surface area contributed by atoms with Crippen molar-refractivity contribution in [1.29, 1.82) is 0 Å². The molecule has 1 amide bonds. The topological polar surface area (TPSA) is 67.0 Å². The summed E-state index contributed by atoms with van der Waals surface area (Å²) < 4.78 is 19.3. The van der Waals surface area contributed by atoms with Crippen LogP contribution in [0.2, 0.25) is 0 Å². The van der Waals surface area contributed by atoms with E-state index >= 15 is 0 Å². The summed E-state index contributed by atoms with van der Waals surface area (Å²) >= 11 is 0. The molecule has 0 saturated heterocycles. The minimum absolute atomic E-state index is 0.0400. The normalized spacial score (nSPS) is 20.5. The Morgan fingerprint density at radius 2 is 2.23 bits per heavy atom. The van der Waals surface area contributed by atoms with Crippen molar-refractivity contribution in [3.05, 3.63) is 52.6 Å². The average molecular weight is 303 g/mol. The van der Waals surface area contributed by atoms with Crippen LogP contribution >= 0.6 is 0 Å². The van der Waals surface area contributed by atoms with Crippen LogP contribution in [-0.2, 0) is 17.7 Å². The van der Waals surface area contributed by atoms with Crippen LogP contribution in [0.4, 0.5) is 4.39 Å². The highest BCUT2D eigenvalue weighted by atomic mass is 19.1. The molecule has 1 aromatic heterocycles. The lowest BCUT2D eigenvalue weighted by Gasteiger charge is -2.25. The molecule has 1 aromatic carbocycles. The lowest BCUT2D eigenvalue weighted by atomic mass is 9.99. The second kappa shape index (κ2) is 5.88. The van der Waals surface area contributed by atoms with Crippen molar-refractivity contribution < 1.29 is 13.9 Å². The number of fused-ring (bicyclic) bond motifs is 1. The van der Waals surface area contributed by atoms with E-state index < -0.39 is 0 Å². The summed E-state index contributed by atoms with van der Waals surface area (Å²) in [6, 6.07) is 6.38. The molecule has 6 heteroatoms. The number of hydrogen-bond donors (Lipinski definition) is 2. The van der Waals surface area contributed by atoms with Crippen molar-refractivity contribution in [2.75, 3.05) is 0 Å². The SMILES string of the molecule is C[C@@H]1Cc2c(C(=O)NCc3ccccc3F)n[nH]c2[C@H](C)O1. The highest BCUT2D eigenvalue weighted by molar-refractivity contribution is 5.94. The first-order chi connectivity index (χ1) is 10.6. The van der Waals surface area contributed by atoms with Gasteiger partial charge in [0.25, 0.3) is 5.91 Å². The zero-order valence-corrected chi connectivity index (χ0v) is 12.5. The minimum Gasteiger partial charge on any atom is -0.369 e. The van der Waals surface area contributed by atoms with Gasteiger partial charge in [-0.2, -0.15) is 5.10 Å². The monoisotopic (exact) mass is 303 g/mol. The highest BCUT2D eigenvalue weighted by Crippen LogP contribution is 2.30. The van der Waals surface area contributed by atoms with Crippen molar-refractivity contribution in [1.82, 2.24) is 15.5 Å². The number of ether oxygens (including phenoxy) is 1. The molecular formula is C16H18FN3O2. The summed E-state index contributed by atoms with van der Waals surface area (Å²) in [5.41, 5.74) is 2.55. The van der Waals surface area contributed by atoms with Gasteiger partial charge < -0.3 is 10.1 Å². The maximum atomic E-state index is 13.6. The van der Waals surface area contributed by atoms with E-state index in [1.165, 1.54) is 6.07 Å². The van der Waals surface area contributed by atoms with Crippen LogP contribution in [0.3, 0.4) is 0 Å². The zero-order chi connectivity index (χ0) is 15.7. The van der Waals surface area contributed by atoms with Crippen molar-refractivity contribution in [2.45, 2.75) is 39.0 Å². The second-order valence-corrected chi connectivity index (χ2v) is 5.53. The van der Waals surface area contributed by atoms with Crippen LogP contribution in [-0.4, -0.2) is 22.2 Å². The molecule has 0 aliphatic carbocycles. The first-order valence-corrected chi connectivity index (χ1v) is 7.30. The third-order valence-corrected chi connectivity index (χ3v) is 3.85. The zero-order valence-electron chi connectivity index (χ0n) is 12.5. The van der Waals surface area contributed by atoms with Crippen LogP contribution in [0, 0.1) is 5.82 Å². The van der Waals surface area contributed by atoms with Gasteiger partial charge in [0, 0.05) is 24.1 Å². The molecule has 0 fully saturated rings. The molecule has 3 rings (SSSR count). The maximum Gasteiger partial charge on any atom is 0.272 e. The number of benzene rings is 1. The van der Waals surface area contributed by atoms with E-state index in [1.807, 2.05) is 13.8 Å². The fraction of sp³-hybridized carbons (Fsp3) is 0.375. The van der Waals surface area contributed by atoms with Crippen LogP contribution in [0.1, 0.15) is 47.3 Å². The van der Waals surface area contributed by atoms with Crippen LogP contribution in [0.25, 0.3) is 0 Å². The molecule has 22 heavy (non-hydrogen) atoms. The molecule has 0 bridgehead atoms. The minimum atomic E-state index is -0.331. The Morgan fingerprint density at radius 3 is 3.00 bits per heavy atom. The van der Waals surface area contributed by atoms with Crippen molar-refractivity contribution in [2.24, 2.45) is 0 Å². The number of amides is 1. The number of nitrogens with zero attached hydrogens (tertiary/aromatic N) is 1. The molecule has 1 aliphatic heterocycles. The van der Waals surface area contributed by atoms with Gasteiger partial charge in [-0.05, 0) is 19.9 Å². The first-order valence-electron chi connectivity index (χ1n) is 7.30. The molecule has 5 nitrogen and oxygen atoms in total. The Bertz CT molecular complexity index is 698. The predicted molar refractivity (Wildman–Crippen MR) is 78.8 cm³/mol. The van der Waals surface area contributed by atoms with Crippen LogP contribution < -0.4 is 5.32 Å². The number of carbonyl (C=O) groups is 1. The third kappa shape index (κ3) is 2.74. The molecule has 1 aliphatic rings. The van der Waals surface area contributed by atoms with Gasteiger partial charge in [0.05, 0.1) is 17.9 Å². The Kier molecular flexibility index (Phi) is 3.94. The first kappa shape index (κ1) is 14.7. The molecule has 116 valence electrons. The van der Waals surface area contributed by atoms with Gasteiger partial charge in [0.2, 0.25) is 0 Å². The third-order valence-electron chi connectivity index (χ3n) is 3.85. The molecule has 0 unspecified atom stereocenters. The number of rotatable bonds is 3. The molecular weight excluding hydrogens is 285 g/mol. The summed E-state index contributed by atoms with van der Waals surface area (Å²) in [5, 5.41) is 9.70. The van der Waals surface area contributed by atoms with E-state index in [2.05, 4.69) is 15.5 Å². The van der Waals surface area contributed by atoms with Gasteiger partial charge in [-0.1, -0.05) is 18.2 Å². The Balaban J connectivity index is 1.75. The summed E-state index contributed by atoms with van der Waals surface area (Å²) in [6.45, 7) is 4.02. The fourth-order valence-corrected chi connectivity index (χ4v) is 2.76. The van der Waals surface area contributed by atoms with Crippen molar-refractivity contribution >= 4 is 5.91 Å². The van der Waals surface area contributed by atoms with E-state index in [4.69, 9.17) is 4.74 Å². The van der Waals surface area contributed by atoms with E-state index in [9.17, 15) is 9.18 Å². The van der Waals surface area contributed by atoms with Crippen molar-refractivity contribution in [3.63, 3.8) is 0 Å². The van der Waals surface area contributed by atoms with Crippen LogP contribution in [0.5, 0.6) is 0 Å². The van der Waals surface area contributed by atoms with Gasteiger partial charge in [-0.25, -0.2) is 4.39 Å². The Labute approximate surface area is 127 Å². The number of aromatic nitrogens is 2. The molecule has 2 N–H and O–H groups in total. The van der Waals surface area contributed by atoms with Gasteiger partial charge in [-0.3, -0.25) is 9.89 Å². The lowest BCUT2D eigenvalue weighted by molar-refractivity contribution is -0.00697. The molecule has 2 heterocycles.